The number of hydrogen-bond donors (Lipinski definition) is 1. The van der Waals surface area contributed by atoms with Gasteiger partial charge in [0.2, 0.25) is 11.8 Å². The van der Waals surface area contributed by atoms with E-state index in [2.05, 4.69) is 5.32 Å². The highest BCUT2D eigenvalue weighted by atomic mass is 32.2. The molecule has 2 amide bonds. The molecule has 0 radical (unpaired) electrons. The van der Waals surface area contributed by atoms with E-state index < -0.39 is 28.5 Å². The van der Waals surface area contributed by atoms with Crippen molar-refractivity contribution in [2.75, 3.05) is 17.4 Å². The largest absolute Gasteiger partial charge is 0.352 e. The molecule has 3 rings (SSSR count). The Morgan fingerprint density at radius 2 is 1.45 bits per heavy atom. The van der Waals surface area contributed by atoms with Gasteiger partial charge in [0.1, 0.15) is 12.6 Å². The Kier molecular flexibility index (Phi) is 9.69. The van der Waals surface area contributed by atoms with Crippen molar-refractivity contribution in [1.82, 2.24) is 10.2 Å². The standard InChI is InChI=1S/C30H37N3O4S/c1-22(2)31-30(35)25(5)32(20-19-26-14-8-6-9-15-26)29(34)21-33(28-18-12-13-23(3)24(28)4)38(36,37)27-16-10-7-11-17-27/h6-18,22,25H,19-21H2,1-5H3,(H,31,35)/t25-/m1/s1. The summed E-state index contributed by atoms with van der Waals surface area (Å²) < 4.78 is 28.9. The third kappa shape index (κ3) is 7.01. The van der Waals surface area contributed by atoms with E-state index in [0.717, 1.165) is 21.0 Å². The van der Waals surface area contributed by atoms with Gasteiger partial charge in [-0.2, -0.15) is 0 Å². The quantitative estimate of drug-likeness (QED) is 0.392. The number of rotatable bonds is 11. The van der Waals surface area contributed by atoms with Crippen molar-refractivity contribution >= 4 is 27.5 Å². The van der Waals surface area contributed by atoms with Crippen LogP contribution in [0.15, 0.2) is 83.8 Å². The van der Waals surface area contributed by atoms with Gasteiger partial charge in [-0.3, -0.25) is 13.9 Å². The number of nitrogens with one attached hydrogen (secondary N) is 1. The lowest BCUT2D eigenvalue weighted by Gasteiger charge is -2.33. The van der Waals surface area contributed by atoms with Crippen LogP contribution >= 0.6 is 0 Å². The number of hydrogen-bond acceptors (Lipinski definition) is 4. The predicted molar refractivity (Wildman–Crippen MR) is 151 cm³/mol. The molecule has 1 N–H and O–H groups in total. The van der Waals surface area contributed by atoms with Gasteiger partial charge in [-0.1, -0.05) is 60.7 Å². The van der Waals surface area contributed by atoms with Crippen LogP contribution < -0.4 is 9.62 Å². The third-order valence-corrected chi connectivity index (χ3v) is 8.31. The van der Waals surface area contributed by atoms with Gasteiger partial charge < -0.3 is 10.2 Å². The monoisotopic (exact) mass is 535 g/mol. The van der Waals surface area contributed by atoms with Crippen molar-refractivity contribution in [2.45, 2.75) is 58.0 Å². The summed E-state index contributed by atoms with van der Waals surface area (Å²) in [6.45, 7) is 8.96. The van der Waals surface area contributed by atoms with Crippen LogP contribution in [0.1, 0.15) is 37.5 Å². The summed E-state index contributed by atoms with van der Waals surface area (Å²) in [4.78, 5) is 28.4. The highest BCUT2D eigenvalue weighted by Crippen LogP contribution is 2.29. The van der Waals surface area contributed by atoms with Crippen molar-refractivity contribution in [2.24, 2.45) is 0 Å². The molecule has 0 aliphatic carbocycles. The minimum atomic E-state index is -4.07. The summed E-state index contributed by atoms with van der Waals surface area (Å²) in [6.07, 6.45) is 0.529. The fraction of sp³-hybridized carbons (Fsp3) is 0.333. The molecule has 0 saturated carbocycles. The summed E-state index contributed by atoms with van der Waals surface area (Å²) in [5.74, 6) is -0.738. The molecule has 3 aromatic rings. The zero-order valence-corrected chi connectivity index (χ0v) is 23.5. The first-order chi connectivity index (χ1) is 18.0. The topological polar surface area (TPSA) is 86.8 Å². The van der Waals surface area contributed by atoms with Crippen LogP contribution in [0.2, 0.25) is 0 Å². The highest BCUT2D eigenvalue weighted by Gasteiger charge is 2.33. The van der Waals surface area contributed by atoms with E-state index in [0.29, 0.717) is 12.1 Å². The Morgan fingerprint density at radius 1 is 0.842 bits per heavy atom. The van der Waals surface area contributed by atoms with E-state index in [1.54, 1.807) is 37.3 Å². The normalized spacial score (nSPS) is 12.2. The summed E-state index contributed by atoms with van der Waals surface area (Å²) in [5.41, 5.74) is 3.13. The summed E-state index contributed by atoms with van der Waals surface area (Å²) >= 11 is 0. The molecule has 0 aliphatic rings. The van der Waals surface area contributed by atoms with Crippen molar-refractivity contribution in [1.29, 1.82) is 0 Å². The van der Waals surface area contributed by atoms with Crippen molar-refractivity contribution in [3.63, 3.8) is 0 Å². The average molecular weight is 536 g/mol. The van der Waals surface area contributed by atoms with E-state index in [1.807, 2.05) is 64.1 Å². The number of benzene rings is 3. The fourth-order valence-corrected chi connectivity index (χ4v) is 5.71. The Hall–Kier alpha value is -3.65. The lowest BCUT2D eigenvalue weighted by molar-refractivity contribution is -0.139. The Bertz CT molecular complexity index is 1340. The lowest BCUT2D eigenvalue weighted by atomic mass is 10.1. The van der Waals surface area contributed by atoms with Crippen LogP contribution in [0.25, 0.3) is 0 Å². The minimum absolute atomic E-state index is 0.0927. The minimum Gasteiger partial charge on any atom is -0.352 e. The number of carbonyl (C=O) groups excluding carboxylic acids is 2. The Morgan fingerprint density at radius 3 is 2.05 bits per heavy atom. The number of carbonyl (C=O) groups is 2. The first-order valence-electron chi connectivity index (χ1n) is 12.8. The van der Waals surface area contributed by atoms with Gasteiger partial charge in [0.05, 0.1) is 10.6 Å². The predicted octanol–water partition coefficient (Wildman–Crippen LogP) is 4.48. The van der Waals surface area contributed by atoms with Gasteiger partial charge in [-0.05, 0) is 75.9 Å². The maximum atomic E-state index is 13.9. The molecule has 0 heterocycles. The molecule has 0 spiro atoms. The molecule has 0 bridgehead atoms. The van der Waals surface area contributed by atoms with E-state index in [-0.39, 0.29) is 23.4 Å². The fourth-order valence-electron chi connectivity index (χ4n) is 4.21. The summed E-state index contributed by atoms with van der Waals surface area (Å²) in [6, 6.07) is 22.3. The van der Waals surface area contributed by atoms with Gasteiger partial charge in [0, 0.05) is 12.6 Å². The molecular formula is C30H37N3O4S. The number of aryl methyl sites for hydroxylation is 1. The molecular weight excluding hydrogens is 498 g/mol. The second kappa shape index (κ2) is 12.7. The van der Waals surface area contributed by atoms with Crippen LogP contribution in [0.3, 0.4) is 0 Å². The maximum Gasteiger partial charge on any atom is 0.264 e. The van der Waals surface area contributed by atoms with Gasteiger partial charge in [0.15, 0.2) is 0 Å². The average Bonchev–Trinajstić information content (AvgIpc) is 2.89. The highest BCUT2D eigenvalue weighted by molar-refractivity contribution is 7.92. The SMILES string of the molecule is Cc1cccc(N(CC(=O)N(CCc2ccccc2)[C@H](C)C(=O)NC(C)C)S(=O)(=O)c2ccccc2)c1C. The van der Waals surface area contributed by atoms with Gasteiger partial charge in [0.25, 0.3) is 10.0 Å². The Labute approximate surface area is 226 Å². The van der Waals surface area contributed by atoms with Crippen molar-refractivity contribution < 1.29 is 18.0 Å². The number of sulfonamides is 1. The van der Waals surface area contributed by atoms with E-state index in [4.69, 9.17) is 0 Å². The summed E-state index contributed by atoms with van der Waals surface area (Å²) in [7, 11) is -4.07. The number of anilines is 1. The lowest BCUT2D eigenvalue weighted by Crippen LogP contribution is -2.53. The van der Waals surface area contributed by atoms with E-state index >= 15 is 0 Å². The van der Waals surface area contributed by atoms with Crippen LogP contribution in [-0.4, -0.2) is 50.3 Å². The molecule has 1 atom stereocenters. The van der Waals surface area contributed by atoms with E-state index in [9.17, 15) is 18.0 Å². The third-order valence-electron chi connectivity index (χ3n) is 6.54. The molecule has 202 valence electrons. The smallest absolute Gasteiger partial charge is 0.264 e. The first-order valence-corrected chi connectivity index (χ1v) is 14.2. The van der Waals surface area contributed by atoms with E-state index in [1.165, 1.54) is 17.0 Å². The Balaban J connectivity index is 2.01. The van der Waals surface area contributed by atoms with Crippen LogP contribution in [0, 0.1) is 13.8 Å². The molecule has 3 aromatic carbocycles. The zero-order valence-electron chi connectivity index (χ0n) is 22.7. The number of amides is 2. The second-order valence-electron chi connectivity index (χ2n) is 9.71. The molecule has 0 saturated heterocycles. The van der Waals surface area contributed by atoms with Crippen LogP contribution in [0.4, 0.5) is 5.69 Å². The molecule has 7 nitrogen and oxygen atoms in total. The second-order valence-corrected chi connectivity index (χ2v) is 11.6. The molecule has 0 aliphatic heterocycles. The van der Waals surface area contributed by atoms with Crippen molar-refractivity contribution in [3.05, 3.63) is 95.6 Å². The van der Waals surface area contributed by atoms with Gasteiger partial charge >= 0.3 is 0 Å². The molecule has 0 fully saturated rings. The van der Waals surface area contributed by atoms with Crippen LogP contribution in [0.5, 0.6) is 0 Å². The van der Waals surface area contributed by atoms with Gasteiger partial charge in [-0.15, -0.1) is 0 Å². The van der Waals surface area contributed by atoms with Crippen LogP contribution in [-0.2, 0) is 26.0 Å². The van der Waals surface area contributed by atoms with Crippen molar-refractivity contribution in [3.8, 4) is 0 Å². The number of nitrogens with zero attached hydrogens (tertiary/aromatic N) is 2. The molecule has 8 heteroatoms. The first kappa shape index (κ1) is 28.9. The van der Waals surface area contributed by atoms with Gasteiger partial charge in [-0.25, -0.2) is 8.42 Å². The maximum absolute atomic E-state index is 13.9. The molecule has 38 heavy (non-hydrogen) atoms. The molecule has 0 unspecified atom stereocenters. The summed E-state index contributed by atoms with van der Waals surface area (Å²) in [5, 5.41) is 2.87. The zero-order chi connectivity index (χ0) is 27.9. The molecule has 0 aromatic heterocycles.